The number of hydrogen-bond acceptors (Lipinski definition) is 3. The molecule has 0 unspecified atom stereocenters. The lowest BCUT2D eigenvalue weighted by atomic mass is 10.3. The molecule has 0 aliphatic carbocycles. The van der Waals surface area contributed by atoms with Crippen molar-refractivity contribution < 1.29 is 4.74 Å². The van der Waals surface area contributed by atoms with Crippen molar-refractivity contribution in [3.8, 4) is 11.4 Å². The van der Waals surface area contributed by atoms with Crippen LogP contribution < -0.4 is 4.74 Å². The van der Waals surface area contributed by atoms with Crippen LogP contribution in [0.15, 0.2) is 35.6 Å². The third-order valence-corrected chi connectivity index (χ3v) is 2.43. The molecule has 0 saturated carbocycles. The van der Waals surface area contributed by atoms with Gasteiger partial charge in [0.1, 0.15) is 5.75 Å². The minimum Gasteiger partial charge on any atom is -0.495 e. The van der Waals surface area contributed by atoms with E-state index in [0.717, 1.165) is 22.0 Å². The number of imidazole rings is 1. The maximum atomic E-state index is 5.29. The summed E-state index contributed by atoms with van der Waals surface area (Å²) < 4.78 is 7.22. The van der Waals surface area contributed by atoms with Gasteiger partial charge in [-0.1, -0.05) is 13.8 Å². The molecular weight excluding hydrogens is 232 g/mol. The molecule has 4 heteroatoms. The molecule has 1 aromatic carbocycles. The normalized spacial score (nSPS) is 9.47. The lowest BCUT2D eigenvalue weighted by Crippen LogP contribution is -1.95. The zero-order chi connectivity index (χ0) is 12.8. The summed E-state index contributed by atoms with van der Waals surface area (Å²) in [5.74, 6) is 0.792. The van der Waals surface area contributed by atoms with Gasteiger partial charge in [-0.25, -0.2) is 4.98 Å². The molecule has 17 heavy (non-hydrogen) atoms. The van der Waals surface area contributed by atoms with E-state index < -0.39 is 0 Å². The molecular formula is C13H18N2OS. The van der Waals surface area contributed by atoms with Gasteiger partial charge in [0.15, 0.2) is 0 Å². The fraction of sp³-hybridized carbons (Fsp3) is 0.308. The number of nitrogens with zero attached hydrogens (tertiary/aromatic N) is 2. The molecule has 0 N–H and O–H groups in total. The quantitative estimate of drug-likeness (QED) is 0.826. The van der Waals surface area contributed by atoms with Gasteiger partial charge in [0.25, 0.3) is 0 Å². The van der Waals surface area contributed by atoms with Crippen molar-refractivity contribution in [3.05, 3.63) is 36.4 Å². The van der Waals surface area contributed by atoms with E-state index in [-0.39, 0.29) is 0 Å². The predicted molar refractivity (Wildman–Crippen MR) is 73.5 cm³/mol. The van der Waals surface area contributed by atoms with E-state index in [1.54, 1.807) is 13.4 Å². The summed E-state index contributed by atoms with van der Waals surface area (Å²) in [6.07, 6.45) is 3.72. The van der Waals surface area contributed by atoms with E-state index in [1.807, 2.05) is 49.7 Å². The van der Waals surface area contributed by atoms with Crippen molar-refractivity contribution in [2.24, 2.45) is 0 Å². The minimum absolute atomic E-state index is 0.792. The van der Waals surface area contributed by atoms with E-state index in [9.17, 15) is 0 Å². The Bertz CT molecular complexity index is 480. The van der Waals surface area contributed by atoms with E-state index in [2.05, 4.69) is 17.6 Å². The van der Waals surface area contributed by atoms with Crippen LogP contribution in [0.4, 0.5) is 0 Å². The van der Waals surface area contributed by atoms with Crippen LogP contribution in [0.5, 0.6) is 5.75 Å². The number of aryl methyl sites for hydroxylation is 1. The van der Waals surface area contributed by atoms with Crippen LogP contribution in [0.1, 0.15) is 19.5 Å². The van der Waals surface area contributed by atoms with Crippen LogP contribution in [0.3, 0.4) is 0 Å². The third kappa shape index (κ3) is 3.27. The average Bonchev–Trinajstić information content (AvgIpc) is 2.78. The number of thiol groups is 1. The van der Waals surface area contributed by atoms with Crippen molar-refractivity contribution in [3.63, 3.8) is 0 Å². The van der Waals surface area contributed by atoms with E-state index in [4.69, 9.17) is 4.74 Å². The highest BCUT2D eigenvalue weighted by Gasteiger charge is 2.05. The van der Waals surface area contributed by atoms with E-state index >= 15 is 0 Å². The first-order valence-corrected chi connectivity index (χ1v) is 6.03. The van der Waals surface area contributed by atoms with Crippen molar-refractivity contribution in [2.45, 2.75) is 25.7 Å². The maximum Gasteiger partial charge on any atom is 0.143 e. The zero-order valence-electron chi connectivity index (χ0n) is 10.6. The first-order valence-electron chi connectivity index (χ1n) is 5.58. The second-order valence-corrected chi connectivity index (χ2v) is 3.79. The summed E-state index contributed by atoms with van der Waals surface area (Å²) in [5.41, 5.74) is 1.95. The molecule has 3 nitrogen and oxygen atoms in total. The predicted octanol–water partition coefficient (Wildman–Crippen LogP) is 3.50. The molecule has 0 radical (unpaired) electrons. The molecule has 0 bridgehead atoms. The monoisotopic (exact) mass is 250 g/mol. The van der Waals surface area contributed by atoms with Gasteiger partial charge in [0.2, 0.25) is 0 Å². The molecule has 0 atom stereocenters. The standard InChI is InChI=1S/C11H12N2OS.C2H6/c1-8-6-13(7-12-8)10-4-3-9(15)5-11(10)14-2;1-2/h3-7,15H,1-2H3;1-2H3. The Hall–Kier alpha value is -1.42. The number of benzene rings is 1. The van der Waals surface area contributed by atoms with Gasteiger partial charge in [-0.2, -0.15) is 0 Å². The Morgan fingerprint density at radius 3 is 2.53 bits per heavy atom. The largest absolute Gasteiger partial charge is 0.495 e. The summed E-state index contributed by atoms with van der Waals surface area (Å²) in [6, 6.07) is 5.77. The van der Waals surface area contributed by atoms with Crippen molar-refractivity contribution in [1.29, 1.82) is 0 Å². The summed E-state index contributed by atoms with van der Waals surface area (Å²) in [5, 5.41) is 0. The highest BCUT2D eigenvalue weighted by molar-refractivity contribution is 7.80. The zero-order valence-corrected chi connectivity index (χ0v) is 11.5. The Balaban J connectivity index is 0.000000686. The molecule has 92 valence electrons. The summed E-state index contributed by atoms with van der Waals surface area (Å²) in [6.45, 7) is 5.95. The topological polar surface area (TPSA) is 27.1 Å². The molecule has 1 aromatic heterocycles. The highest BCUT2D eigenvalue weighted by atomic mass is 32.1. The van der Waals surface area contributed by atoms with Crippen molar-refractivity contribution >= 4 is 12.6 Å². The highest BCUT2D eigenvalue weighted by Crippen LogP contribution is 2.25. The van der Waals surface area contributed by atoms with Crippen molar-refractivity contribution in [1.82, 2.24) is 9.55 Å². The first kappa shape index (κ1) is 13.6. The molecule has 1 heterocycles. The maximum absolute atomic E-state index is 5.29. The Labute approximate surface area is 108 Å². The molecule has 0 fully saturated rings. The van der Waals surface area contributed by atoms with Gasteiger partial charge in [-0.15, -0.1) is 12.6 Å². The van der Waals surface area contributed by atoms with Gasteiger partial charge < -0.3 is 9.30 Å². The molecule has 2 rings (SSSR count). The average molecular weight is 250 g/mol. The Morgan fingerprint density at radius 2 is 2.00 bits per heavy atom. The Morgan fingerprint density at radius 1 is 1.29 bits per heavy atom. The van der Waals surface area contributed by atoms with Crippen LogP contribution in [0.25, 0.3) is 5.69 Å². The molecule has 2 aromatic rings. The van der Waals surface area contributed by atoms with Crippen LogP contribution in [-0.2, 0) is 0 Å². The van der Waals surface area contributed by atoms with Crippen LogP contribution in [0.2, 0.25) is 0 Å². The number of ether oxygens (including phenoxy) is 1. The number of hydrogen-bond donors (Lipinski definition) is 1. The summed E-state index contributed by atoms with van der Waals surface area (Å²) in [7, 11) is 1.65. The smallest absolute Gasteiger partial charge is 0.143 e. The molecule has 0 amide bonds. The van der Waals surface area contributed by atoms with Gasteiger partial charge >= 0.3 is 0 Å². The lowest BCUT2D eigenvalue weighted by molar-refractivity contribution is 0.412. The van der Waals surface area contributed by atoms with Crippen LogP contribution >= 0.6 is 12.6 Å². The van der Waals surface area contributed by atoms with Gasteiger partial charge in [-0.05, 0) is 25.1 Å². The number of rotatable bonds is 2. The van der Waals surface area contributed by atoms with Crippen LogP contribution in [0, 0.1) is 6.92 Å². The number of aromatic nitrogens is 2. The first-order chi connectivity index (χ1) is 8.20. The second kappa shape index (κ2) is 6.35. The molecule has 0 spiro atoms. The summed E-state index contributed by atoms with van der Waals surface area (Å²) in [4.78, 5) is 5.06. The molecule has 0 saturated heterocycles. The lowest BCUT2D eigenvalue weighted by Gasteiger charge is -2.09. The fourth-order valence-corrected chi connectivity index (χ4v) is 1.62. The minimum atomic E-state index is 0.792. The van der Waals surface area contributed by atoms with Gasteiger partial charge in [-0.3, -0.25) is 0 Å². The van der Waals surface area contributed by atoms with Gasteiger partial charge in [0, 0.05) is 11.1 Å². The Kier molecular flexibility index (Phi) is 5.10. The molecule has 0 aliphatic rings. The summed E-state index contributed by atoms with van der Waals surface area (Å²) >= 11 is 4.27. The molecule has 0 aliphatic heterocycles. The fourth-order valence-electron chi connectivity index (χ4n) is 1.43. The van der Waals surface area contributed by atoms with E-state index in [0.29, 0.717) is 0 Å². The van der Waals surface area contributed by atoms with Crippen LogP contribution in [-0.4, -0.2) is 16.7 Å². The second-order valence-electron chi connectivity index (χ2n) is 3.28. The third-order valence-electron chi connectivity index (χ3n) is 2.15. The van der Waals surface area contributed by atoms with Crippen molar-refractivity contribution in [2.75, 3.05) is 7.11 Å². The van der Waals surface area contributed by atoms with Gasteiger partial charge in [0.05, 0.1) is 24.8 Å². The SMILES string of the molecule is CC.COc1cc(S)ccc1-n1cnc(C)c1. The van der Waals surface area contributed by atoms with E-state index in [1.165, 1.54) is 0 Å². The number of methoxy groups -OCH3 is 1.